The van der Waals surface area contributed by atoms with Gasteiger partial charge in [-0.3, -0.25) is 0 Å². The molecule has 4 rings (SSSR count). The van der Waals surface area contributed by atoms with Crippen molar-refractivity contribution in [1.82, 2.24) is 24.0 Å². The smallest absolute Gasteiger partial charge is 0.244 e. The van der Waals surface area contributed by atoms with Crippen molar-refractivity contribution in [2.24, 2.45) is 0 Å². The molecule has 158 valence electrons. The van der Waals surface area contributed by atoms with Gasteiger partial charge in [-0.2, -0.15) is 9.40 Å². The third kappa shape index (κ3) is 4.69. The number of hydrogen-bond donors (Lipinski definition) is 1. The van der Waals surface area contributed by atoms with E-state index in [1.54, 1.807) is 12.1 Å². The summed E-state index contributed by atoms with van der Waals surface area (Å²) in [5.74, 6) is 0.655. The van der Waals surface area contributed by atoms with E-state index in [1.165, 1.54) is 10.5 Å². The third-order valence-electron chi connectivity index (χ3n) is 5.21. The first-order valence-corrected chi connectivity index (χ1v) is 11.4. The molecule has 8 nitrogen and oxygen atoms in total. The van der Waals surface area contributed by atoms with Crippen LogP contribution in [-0.2, 0) is 16.4 Å². The predicted octanol–water partition coefficient (Wildman–Crippen LogP) is 1.86. The van der Waals surface area contributed by atoms with Crippen LogP contribution >= 0.6 is 0 Å². The van der Waals surface area contributed by atoms with E-state index in [0.717, 1.165) is 30.8 Å². The summed E-state index contributed by atoms with van der Waals surface area (Å²) in [4.78, 5) is 6.65. The van der Waals surface area contributed by atoms with Crippen LogP contribution in [0.15, 0.2) is 66.0 Å². The third-order valence-corrected chi connectivity index (χ3v) is 7.10. The Kier molecular flexibility index (Phi) is 6.12. The quantitative estimate of drug-likeness (QED) is 0.621. The van der Waals surface area contributed by atoms with Crippen LogP contribution in [0.25, 0.3) is 5.69 Å². The number of benzene rings is 1. The topological polar surface area (TPSA) is 83.4 Å². The largest absolute Gasteiger partial charge is 0.370 e. The zero-order valence-corrected chi connectivity index (χ0v) is 17.8. The van der Waals surface area contributed by atoms with Gasteiger partial charge in [-0.1, -0.05) is 18.2 Å². The van der Waals surface area contributed by atoms with Gasteiger partial charge in [0, 0.05) is 45.1 Å². The summed E-state index contributed by atoms with van der Waals surface area (Å²) >= 11 is 0. The van der Waals surface area contributed by atoms with Crippen LogP contribution in [0.5, 0.6) is 0 Å². The van der Waals surface area contributed by atoms with Crippen molar-refractivity contribution in [2.45, 2.75) is 11.3 Å². The minimum atomic E-state index is -3.48. The molecule has 1 aromatic carbocycles. The molecule has 1 aliphatic heterocycles. The average Bonchev–Trinajstić information content (AvgIpc) is 3.24. The Morgan fingerprint density at radius 1 is 1.00 bits per heavy atom. The van der Waals surface area contributed by atoms with Gasteiger partial charge < -0.3 is 10.2 Å². The van der Waals surface area contributed by atoms with Crippen LogP contribution in [0.1, 0.15) is 5.56 Å². The molecule has 0 bridgehead atoms. The maximum atomic E-state index is 12.8. The van der Waals surface area contributed by atoms with E-state index < -0.39 is 10.0 Å². The van der Waals surface area contributed by atoms with Crippen LogP contribution in [0.2, 0.25) is 0 Å². The van der Waals surface area contributed by atoms with Gasteiger partial charge in [0.1, 0.15) is 10.7 Å². The van der Waals surface area contributed by atoms with Gasteiger partial charge in [-0.05, 0) is 43.3 Å². The molecule has 0 spiro atoms. The number of hydrogen-bond acceptors (Lipinski definition) is 6. The van der Waals surface area contributed by atoms with E-state index in [9.17, 15) is 8.42 Å². The molecule has 0 atom stereocenters. The highest BCUT2D eigenvalue weighted by atomic mass is 32.2. The maximum absolute atomic E-state index is 12.8. The van der Waals surface area contributed by atoms with Crippen LogP contribution in [-0.4, -0.2) is 72.2 Å². The van der Waals surface area contributed by atoms with Crippen molar-refractivity contribution in [1.29, 1.82) is 0 Å². The number of anilines is 1. The lowest BCUT2D eigenvalue weighted by molar-refractivity contribution is 0.222. The predicted molar refractivity (Wildman–Crippen MR) is 116 cm³/mol. The second kappa shape index (κ2) is 8.95. The lowest BCUT2D eigenvalue weighted by atomic mass is 10.2. The van der Waals surface area contributed by atoms with E-state index in [-0.39, 0.29) is 4.90 Å². The minimum Gasteiger partial charge on any atom is -0.370 e. The molecule has 3 aromatic rings. The first kappa shape index (κ1) is 20.5. The van der Waals surface area contributed by atoms with E-state index >= 15 is 0 Å². The minimum absolute atomic E-state index is 0.238. The fraction of sp³-hybridized carbons (Fsp3) is 0.333. The molecule has 9 heteroatoms. The van der Waals surface area contributed by atoms with E-state index in [0.29, 0.717) is 25.5 Å². The number of nitrogens with one attached hydrogen (secondary N) is 1. The second-order valence-corrected chi connectivity index (χ2v) is 9.33. The zero-order chi connectivity index (χ0) is 21.0. The van der Waals surface area contributed by atoms with Crippen LogP contribution < -0.4 is 5.32 Å². The fourth-order valence-corrected chi connectivity index (χ4v) is 4.73. The molecular weight excluding hydrogens is 400 g/mol. The average molecular weight is 427 g/mol. The first-order chi connectivity index (χ1) is 14.5. The Labute approximate surface area is 177 Å². The lowest BCUT2D eigenvalue weighted by Crippen LogP contribution is -2.47. The summed E-state index contributed by atoms with van der Waals surface area (Å²) < 4.78 is 28.9. The summed E-state index contributed by atoms with van der Waals surface area (Å²) in [6.45, 7) is 3.18. The highest BCUT2D eigenvalue weighted by Crippen LogP contribution is 2.18. The number of sulfonamides is 1. The molecule has 0 aliphatic carbocycles. The van der Waals surface area contributed by atoms with Gasteiger partial charge in [0.15, 0.2) is 0 Å². The van der Waals surface area contributed by atoms with Gasteiger partial charge >= 0.3 is 0 Å². The number of nitrogens with zero attached hydrogens (tertiary/aromatic N) is 5. The van der Waals surface area contributed by atoms with E-state index in [4.69, 9.17) is 0 Å². The highest BCUT2D eigenvalue weighted by Gasteiger charge is 2.27. The fourth-order valence-electron chi connectivity index (χ4n) is 3.36. The number of para-hydroxylation sites is 1. The van der Waals surface area contributed by atoms with Crippen LogP contribution in [0.4, 0.5) is 5.82 Å². The normalized spacial score (nSPS) is 15.9. The first-order valence-electron chi connectivity index (χ1n) is 10.00. The molecule has 1 saturated heterocycles. The maximum Gasteiger partial charge on any atom is 0.244 e. The van der Waals surface area contributed by atoms with Crippen molar-refractivity contribution in [3.05, 3.63) is 66.6 Å². The molecule has 0 radical (unpaired) electrons. The molecule has 1 fully saturated rings. The van der Waals surface area contributed by atoms with E-state index in [1.807, 2.05) is 54.5 Å². The number of pyridine rings is 1. The second-order valence-electron chi connectivity index (χ2n) is 7.39. The standard InChI is InChI=1S/C21H26N6O2S/c1-25-11-13-26(14-12-25)30(28,29)20-7-8-21(23-16-20)22-10-9-18-15-24-27(17-18)19-5-3-2-4-6-19/h2-8,15-17H,9-14H2,1H3,(H,22,23). The van der Waals surface area contributed by atoms with Gasteiger partial charge in [-0.15, -0.1) is 0 Å². The highest BCUT2D eigenvalue weighted by molar-refractivity contribution is 7.89. The van der Waals surface area contributed by atoms with Crippen LogP contribution in [0, 0.1) is 0 Å². The summed E-state index contributed by atoms with van der Waals surface area (Å²) in [6, 6.07) is 13.3. The number of piperazine rings is 1. The summed E-state index contributed by atoms with van der Waals surface area (Å²) in [6.07, 6.45) is 6.09. The summed E-state index contributed by atoms with van der Waals surface area (Å²) in [5.41, 5.74) is 2.14. The summed E-state index contributed by atoms with van der Waals surface area (Å²) in [5, 5.41) is 7.64. The molecule has 0 amide bonds. The van der Waals surface area contributed by atoms with Crippen LogP contribution in [0.3, 0.4) is 0 Å². The molecule has 1 N–H and O–H groups in total. The van der Waals surface area contributed by atoms with E-state index in [2.05, 4.69) is 20.3 Å². The van der Waals surface area contributed by atoms with Crippen molar-refractivity contribution >= 4 is 15.8 Å². The van der Waals surface area contributed by atoms with Crippen molar-refractivity contribution in [3.63, 3.8) is 0 Å². The number of aromatic nitrogens is 3. The molecule has 0 saturated carbocycles. The van der Waals surface area contributed by atoms with Crippen molar-refractivity contribution in [3.8, 4) is 5.69 Å². The Hall–Kier alpha value is -2.75. The van der Waals surface area contributed by atoms with Crippen molar-refractivity contribution in [2.75, 3.05) is 45.1 Å². The van der Waals surface area contributed by atoms with Gasteiger partial charge in [0.05, 0.1) is 11.9 Å². The van der Waals surface area contributed by atoms with Gasteiger partial charge in [0.25, 0.3) is 0 Å². The van der Waals surface area contributed by atoms with Crippen molar-refractivity contribution < 1.29 is 8.42 Å². The monoisotopic (exact) mass is 426 g/mol. The SMILES string of the molecule is CN1CCN(S(=O)(=O)c2ccc(NCCc3cnn(-c4ccccc4)c3)nc2)CC1. The Balaban J connectivity index is 1.32. The molecule has 3 heterocycles. The number of likely N-dealkylation sites (N-methyl/N-ethyl adjacent to an activating group) is 1. The summed E-state index contributed by atoms with van der Waals surface area (Å²) in [7, 11) is -1.49. The molecule has 0 unspecified atom stereocenters. The molecular formula is C21H26N6O2S. The molecule has 1 aliphatic rings. The molecule has 2 aromatic heterocycles. The zero-order valence-electron chi connectivity index (χ0n) is 17.0. The Morgan fingerprint density at radius 3 is 2.47 bits per heavy atom. The lowest BCUT2D eigenvalue weighted by Gasteiger charge is -2.31. The van der Waals surface area contributed by atoms with Gasteiger partial charge in [0.2, 0.25) is 10.0 Å². The number of rotatable bonds is 7. The Bertz CT molecular complexity index is 1060. The Morgan fingerprint density at radius 2 is 1.77 bits per heavy atom. The molecule has 30 heavy (non-hydrogen) atoms. The van der Waals surface area contributed by atoms with Gasteiger partial charge in [-0.25, -0.2) is 18.1 Å².